The molecule has 0 aromatic heterocycles. The molecule has 2 heterocycles. The first kappa shape index (κ1) is 23.2. The first-order valence-electron chi connectivity index (χ1n) is 11.6. The molecule has 8 nitrogen and oxygen atoms in total. The lowest BCUT2D eigenvalue weighted by molar-refractivity contribution is 0.102. The predicted octanol–water partition coefficient (Wildman–Crippen LogP) is 3.61. The third-order valence-electron chi connectivity index (χ3n) is 6.10. The van der Waals surface area contributed by atoms with E-state index in [1.54, 1.807) is 30.3 Å². The molecule has 0 unspecified atom stereocenters. The molecular weight excluding hydrogens is 466 g/mol. The summed E-state index contributed by atoms with van der Waals surface area (Å²) in [4.78, 5) is 15.2. The van der Waals surface area contributed by atoms with Gasteiger partial charge in [0.15, 0.2) is 11.5 Å². The van der Waals surface area contributed by atoms with Gasteiger partial charge in [0.2, 0.25) is 10.0 Å². The van der Waals surface area contributed by atoms with Crippen LogP contribution in [0.4, 0.5) is 11.4 Å². The van der Waals surface area contributed by atoms with Crippen LogP contribution in [0.5, 0.6) is 11.5 Å². The fourth-order valence-corrected chi connectivity index (χ4v) is 5.69. The van der Waals surface area contributed by atoms with E-state index in [1.165, 1.54) is 16.4 Å². The number of carbonyl (C=O) groups is 1. The summed E-state index contributed by atoms with van der Waals surface area (Å²) >= 11 is 0. The molecule has 2 aliphatic rings. The second-order valence-electron chi connectivity index (χ2n) is 8.42. The van der Waals surface area contributed by atoms with Gasteiger partial charge in [-0.2, -0.15) is 4.31 Å². The zero-order valence-corrected chi connectivity index (χ0v) is 20.0. The molecule has 182 valence electrons. The summed E-state index contributed by atoms with van der Waals surface area (Å²) in [5, 5.41) is 2.82. The molecule has 9 heteroatoms. The van der Waals surface area contributed by atoms with Gasteiger partial charge in [0.05, 0.1) is 18.1 Å². The highest BCUT2D eigenvalue weighted by Crippen LogP contribution is 2.32. The summed E-state index contributed by atoms with van der Waals surface area (Å²) in [6.45, 7) is 3.10. The van der Waals surface area contributed by atoms with Gasteiger partial charge in [-0.15, -0.1) is 0 Å². The number of ether oxygens (including phenoxy) is 2. The molecule has 0 spiro atoms. The molecule has 0 aliphatic carbocycles. The average Bonchev–Trinajstić information content (AvgIpc) is 3.14. The Morgan fingerprint density at radius 1 is 0.800 bits per heavy atom. The molecule has 35 heavy (non-hydrogen) atoms. The van der Waals surface area contributed by atoms with E-state index < -0.39 is 15.9 Å². The first-order chi connectivity index (χ1) is 17.0. The quantitative estimate of drug-likeness (QED) is 0.584. The van der Waals surface area contributed by atoms with Crippen molar-refractivity contribution in [2.45, 2.75) is 11.3 Å². The number of anilines is 2. The van der Waals surface area contributed by atoms with Gasteiger partial charge in [0.25, 0.3) is 5.91 Å². The number of piperazine rings is 1. The summed E-state index contributed by atoms with van der Waals surface area (Å²) in [7, 11) is -3.72. The van der Waals surface area contributed by atoms with Crippen molar-refractivity contribution in [1.29, 1.82) is 0 Å². The minimum Gasteiger partial charge on any atom is -0.490 e. The Bertz CT molecular complexity index is 1310. The molecule has 1 amide bonds. The van der Waals surface area contributed by atoms with Crippen molar-refractivity contribution in [3.8, 4) is 11.5 Å². The lowest BCUT2D eigenvalue weighted by atomic mass is 10.2. The lowest BCUT2D eigenvalue weighted by Gasteiger charge is -2.35. The lowest BCUT2D eigenvalue weighted by Crippen LogP contribution is -2.48. The van der Waals surface area contributed by atoms with E-state index in [0.717, 1.165) is 12.1 Å². The Kier molecular flexibility index (Phi) is 6.61. The molecular formula is C26H27N3O5S. The van der Waals surface area contributed by atoms with Gasteiger partial charge in [-0.25, -0.2) is 8.42 Å². The van der Waals surface area contributed by atoms with Crippen LogP contribution in [0, 0.1) is 0 Å². The number of hydrogen-bond acceptors (Lipinski definition) is 6. The molecule has 1 saturated heterocycles. The van der Waals surface area contributed by atoms with Crippen LogP contribution < -0.4 is 19.7 Å². The molecule has 2 aliphatic heterocycles. The number of rotatable bonds is 5. The minimum absolute atomic E-state index is 0.108. The number of sulfonamides is 1. The Morgan fingerprint density at radius 2 is 1.54 bits per heavy atom. The normalized spacial score (nSPS) is 16.4. The summed E-state index contributed by atoms with van der Waals surface area (Å²) in [6, 6.07) is 21.3. The Labute approximate surface area is 205 Å². The molecule has 3 aromatic rings. The highest BCUT2D eigenvalue weighted by atomic mass is 32.2. The van der Waals surface area contributed by atoms with Gasteiger partial charge in [-0.05, 0) is 42.5 Å². The molecule has 0 radical (unpaired) electrons. The maximum Gasteiger partial charge on any atom is 0.255 e. The van der Waals surface area contributed by atoms with Crippen LogP contribution in [-0.4, -0.2) is 58.0 Å². The smallest absolute Gasteiger partial charge is 0.255 e. The molecule has 0 atom stereocenters. The van der Waals surface area contributed by atoms with Crippen LogP contribution in [-0.2, 0) is 10.0 Å². The molecule has 0 bridgehead atoms. The van der Waals surface area contributed by atoms with Crippen molar-refractivity contribution >= 4 is 27.3 Å². The third-order valence-corrected chi connectivity index (χ3v) is 7.99. The van der Waals surface area contributed by atoms with Crippen LogP contribution in [0.1, 0.15) is 16.8 Å². The average molecular weight is 494 g/mol. The minimum atomic E-state index is -3.72. The fourth-order valence-electron chi connectivity index (χ4n) is 4.22. The van der Waals surface area contributed by atoms with Crippen molar-refractivity contribution in [2.24, 2.45) is 0 Å². The zero-order chi connectivity index (χ0) is 24.3. The van der Waals surface area contributed by atoms with E-state index in [1.807, 2.05) is 30.3 Å². The number of nitrogens with one attached hydrogen (secondary N) is 1. The maximum absolute atomic E-state index is 13.3. The van der Waals surface area contributed by atoms with Gasteiger partial charge < -0.3 is 19.7 Å². The highest BCUT2D eigenvalue weighted by molar-refractivity contribution is 7.89. The number of fused-ring (bicyclic) bond motifs is 1. The second-order valence-corrected chi connectivity index (χ2v) is 10.4. The van der Waals surface area contributed by atoms with Gasteiger partial charge >= 0.3 is 0 Å². The van der Waals surface area contributed by atoms with Crippen LogP contribution in [0.3, 0.4) is 0 Å². The van der Waals surface area contributed by atoms with E-state index >= 15 is 0 Å². The largest absolute Gasteiger partial charge is 0.490 e. The molecule has 1 N–H and O–H groups in total. The number of hydrogen-bond donors (Lipinski definition) is 1. The molecule has 1 fully saturated rings. The monoisotopic (exact) mass is 493 g/mol. The van der Waals surface area contributed by atoms with Gasteiger partial charge in [-0.3, -0.25) is 4.79 Å². The Balaban J connectivity index is 1.28. The number of nitrogens with zero attached hydrogens (tertiary/aromatic N) is 2. The molecule has 0 saturated carbocycles. The number of carbonyl (C=O) groups excluding carboxylic acids is 1. The summed E-state index contributed by atoms with van der Waals surface area (Å²) in [6.07, 6.45) is 0.791. The van der Waals surface area contributed by atoms with Crippen LogP contribution in [0.25, 0.3) is 0 Å². The van der Waals surface area contributed by atoms with Crippen LogP contribution in [0.2, 0.25) is 0 Å². The maximum atomic E-state index is 13.3. The Morgan fingerprint density at radius 3 is 2.31 bits per heavy atom. The predicted molar refractivity (Wildman–Crippen MR) is 134 cm³/mol. The summed E-state index contributed by atoms with van der Waals surface area (Å²) in [5.41, 5.74) is 1.89. The molecule has 5 rings (SSSR count). The van der Waals surface area contributed by atoms with E-state index in [0.29, 0.717) is 56.6 Å². The van der Waals surface area contributed by atoms with Gasteiger partial charge in [0, 0.05) is 55.6 Å². The number of benzene rings is 3. The number of para-hydroxylation sites is 1. The van der Waals surface area contributed by atoms with Gasteiger partial charge in [0.1, 0.15) is 0 Å². The van der Waals surface area contributed by atoms with Gasteiger partial charge in [-0.1, -0.05) is 24.3 Å². The molecule has 3 aromatic carbocycles. The van der Waals surface area contributed by atoms with E-state index in [9.17, 15) is 13.2 Å². The van der Waals surface area contributed by atoms with Crippen molar-refractivity contribution in [3.63, 3.8) is 0 Å². The number of amides is 1. The zero-order valence-electron chi connectivity index (χ0n) is 19.2. The summed E-state index contributed by atoms with van der Waals surface area (Å²) < 4.78 is 39.4. The van der Waals surface area contributed by atoms with Crippen molar-refractivity contribution < 1.29 is 22.7 Å². The van der Waals surface area contributed by atoms with Crippen LogP contribution >= 0.6 is 0 Å². The van der Waals surface area contributed by atoms with Crippen LogP contribution in [0.15, 0.2) is 77.7 Å². The topological polar surface area (TPSA) is 88.2 Å². The second kappa shape index (κ2) is 9.97. The van der Waals surface area contributed by atoms with Crippen molar-refractivity contribution in [1.82, 2.24) is 4.31 Å². The van der Waals surface area contributed by atoms with Crippen molar-refractivity contribution in [2.75, 3.05) is 49.6 Å². The van der Waals surface area contributed by atoms with E-state index in [-0.39, 0.29) is 10.5 Å². The fraction of sp³-hybridized carbons (Fsp3) is 0.269. The Hall–Kier alpha value is -3.56. The standard InChI is InChI=1S/C26H27N3O5S/c30-26(27-21-10-11-24-25(19-21)34-17-5-16-33-24)20-6-4-9-23(18-20)35(31,32)29-14-12-28(13-15-29)22-7-2-1-3-8-22/h1-4,6-11,18-19H,5,12-17H2,(H,27,30). The van der Waals surface area contributed by atoms with E-state index in [2.05, 4.69) is 10.2 Å². The van der Waals surface area contributed by atoms with Crippen molar-refractivity contribution in [3.05, 3.63) is 78.4 Å². The highest BCUT2D eigenvalue weighted by Gasteiger charge is 2.29. The third kappa shape index (κ3) is 5.11. The first-order valence-corrected chi connectivity index (χ1v) is 13.1. The van der Waals surface area contributed by atoms with E-state index in [4.69, 9.17) is 9.47 Å². The summed E-state index contributed by atoms with van der Waals surface area (Å²) in [5.74, 6) is 0.817. The SMILES string of the molecule is O=C(Nc1ccc2c(c1)OCCCO2)c1cccc(S(=O)(=O)N2CCN(c3ccccc3)CC2)c1.